The number of nitrogens with one attached hydrogen (secondary N) is 1. The number of benzene rings is 1. The number of carbonyl (C=O) groups is 1. The fourth-order valence-corrected chi connectivity index (χ4v) is 2.80. The summed E-state index contributed by atoms with van der Waals surface area (Å²) in [6.07, 6.45) is 3.20. The lowest BCUT2D eigenvalue weighted by Crippen LogP contribution is -2.33. The van der Waals surface area contributed by atoms with Crippen molar-refractivity contribution in [1.82, 2.24) is 15.1 Å². The van der Waals surface area contributed by atoms with Gasteiger partial charge in [0.15, 0.2) is 11.5 Å². The van der Waals surface area contributed by atoms with E-state index in [1.54, 1.807) is 26.5 Å². The SMILES string of the molecule is COc1cc2c(cc1OC)CCN(C(=O)c1ccn[nH]1)CC2. The number of aromatic nitrogens is 2. The van der Waals surface area contributed by atoms with E-state index in [9.17, 15) is 4.79 Å². The second kappa shape index (κ2) is 6.09. The van der Waals surface area contributed by atoms with Crippen LogP contribution >= 0.6 is 0 Å². The topological polar surface area (TPSA) is 67.5 Å². The highest BCUT2D eigenvalue weighted by molar-refractivity contribution is 5.92. The van der Waals surface area contributed by atoms with Crippen molar-refractivity contribution < 1.29 is 14.3 Å². The van der Waals surface area contributed by atoms with Crippen molar-refractivity contribution >= 4 is 5.91 Å². The maximum absolute atomic E-state index is 12.4. The average Bonchev–Trinajstić information content (AvgIpc) is 3.00. The van der Waals surface area contributed by atoms with Gasteiger partial charge in [-0.2, -0.15) is 5.10 Å². The monoisotopic (exact) mass is 301 g/mol. The zero-order valence-electron chi connectivity index (χ0n) is 12.8. The van der Waals surface area contributed by atoms with E-state index in [-0.39, 0.29) is 5.91 Å². The summed E-state index contributed by atoms with van der Waals surface area (Å²) < 4.78 is 10.7. The molecular formula is C16H19N3O3. The first-order chi connectivity index (χ1) is 10.7. The molecule has 2 aromatic rings. The Labute approximate surface area is 129 Å². The van der Waals surface area contributed by atoms with Crippen LogP contribution in [0.4, 0.5) is 0 Å². The molecule has 116 valence electrons. The lowest BCUT2D eigenvalue weighted by atomic mass is 10.0. The Kier molecular flexibility index (Phi) is 4.00. The molecule has 1 aliphatic rings. The van der Waals surface area contributed by atoms with Crippen molar-refractivity contribution in [3.8, 4) is 11.5 Å². The third kappa shape index (κ3) is 2.64. The quantitative estimate of drug-likeness (QED) is 0.936. The summed E-state index contributed by atoms with van der Waals surface area (Å²) in [6.45, 7) is 1.36. The third-order valence-electron chi connectivity index (χ3n) is 4.03. The molecule has 0 atom stereocenters. The minimum absolute atomic E-state index is 0.00997. The number of hydrogen-bond acceptors (Lipinski definition) is 4. The zero-order chi connectivity index (χ0) is 15.5. The summed E-state index contributed by atoms with van der Waals surface area (Å²) in [7, 11) is 3.27. The minimum Gasteiger partial charge on any atom is -0.493 e. The molecule has 0 saturated carbocycles. The van der Waals surface area contributed by atoms with E-state index in [0.717, 1.165) is 24.3 Å². The van der Waals surface area contributed by atoms with E-state index in [1.165, 1.54) is 11.1 Å². The molecule has 1 N–H and O–H groups in total. The largest absolute Gasteiger partial charge is 0.493 e. The zero-order valence-corrected chi connectivity index (χ0v) is 12.8. The number of amides is 1. The predicted molar refractivity (Wildman–Crippen MR) is 81.4 cm³/mol. The summed E-state index contributed by atoms with van der Waals surface area (Å²) in [6, 6.07) is 5.73. The number of nitrogens with zero attached hydrogens (tertiary/aromatic N) is 2. The van der Waals surface area contributed by atoms with Crippen LogP contribution in [0.3, 0.4) is 0 Å². The molecule has 0 saturated heterocycles. The van der Waals surface area contributed by atoms with Crippen LogP contribution in [-0.2, 0) is 12.8 Å². The molecule has 1 amide bonds. The number of H-pyrrole nitrogens is 1. The molecular weight excluding hydrogens is 282 g/mol. The van der Waals surface area contributed by atoms with E-state index < -0.39 is 0 Å². The van der Waals surface area contributed by atoms with Gasteiger partial charge in [-0.05, 0) is 42.2 Å². The van der Waals surface area contributed by atoms with Gasteiger partial charge in [0.25, 0.3) is 5.91 Å². The third-order valence-corrected chi connectivity index (χ3v) is 4.03. The summed E-state index contributed by atoms with van der Waals surface area (Å²) in [5, 5.41) is 6.57. The van der Waals surface area contributed by atoms with Crippen LogP contribution in [0.1, 0.15) is 21.6 Å². The van der Waals surface area contributed by atoms with E-state index in [0.29, 0.717) is 18.8 Å². The number of rotatable bonds is 3. The molecule has 22 heavy (non-hydrogen) atoms. The van der Waals surface area contributed by atoms with Crippen LogP contribution in [0.15, 0.2) is 24.4 Å². The van der Waals surface area contributed by atoms with Gasteiger partial charge in [-0.1, -0.05) is 0 Å². The fraction of sp³-hybridized carbons (Fsp3) is 0.375. The highest BCUT2D eigenvalue weighted by atomic mass is 16.5. The van der Waals surface area contributed by atoms with Crippen molar-refractivity contribution in [3.05, 3.63) is 41.2 Å². The van der Waals surface area contributed by atoms with Gasteiger partial charge in [-0.25, -0.2) is 0 Å². The van der Waals surface area contributed by atoms with Gasteiger partial charge in [0.2, 0.25) is 0 Å². The van der Waals surface area contributed by atoms with Crippen LogP contribution in [0, 0.1) is 0 Å². The molecule has 1 aromatic carbocycles. The highest BCUT2D eigenvalue weighted by Gasteiger charge is 2.22. The predicted octanol–water partition coefficient (Wildman–Crippen LogP) is 1.67. The summed E-state index contributed by atoms with van der Waals surface area (Å²) >= 11 is 0. The number of aromatic amines is 1. The Bertz CT molecular complexity index is 633. The van der Waals surface area contributed by atoms with Crippen LogP contribution in [-0.4, -0.2) is 48.3 Å². The maximum Gasteiger partial charge on any atom is 0.271 e. The molecule has 0 spiro atoms. The molecule has 3 rings (SSSR count). The maximum atomic E-state index is 12.4. The molecule has 0 aliphatic carbocycles. The molecule has 0 bridgehead atoms. The highest BCUT2D eigenvalue weighted by Crippen LogP contribution is 2.32. The normalized spacial score (nSPS) is 14.2. The molecule has 0 unspecified atom stereocenters. The van der Waals surface area contributed by atoms with Crippen molar-refractivity contribution in [2.24, 2.45) is 0 Å². The smallest absolute Gasteiger partial charge is 0.271 e. The van der Waals surface area contributed by atoms with Gasteiger partial charge < -0.3 is 14.4 Å². The van der Waals surface area contributed by atoms with E-state index in [1.807, 2.05) is 17.0 Å². The Balaban J connectivity index is 1.82. The Morgan fingerprint density at radius 2 is 1.73 bits per heavy atom. The van der Waals surface area contributed by atoms with Gasteiger partial charge in [0.1, 0.15) is 5.69 Å². The molecule has 2 heterocycles. The summed E-state index contributed by atoms with van der Waals surface area (Å²) in [5.74, 6) is 1.45. The second-order valence-electron chi connectivity index (χ2n) is 5.24. The fourth-order valence-electron chi connectivity index (χ4n) is 2.80. The van der Waals surface area contributed by atoms with Gasteiger partial charge in [-0.15, -0.1) is 0 Å². The van der Waals surface area contributed by atoms with E-state index in [4.69, 9.17) is 9.47 Å². The Morgan fingerprint density at radius 3 is 2.18 bits per heavy atom. The second-order valence-corrected chi connectivity index (χ2v) is 5.24. The van der Waals surface area contributed by atoms with Crippen LogP contribution in [0.5, 0.6) is 11.5 Å². The number of fused-ring (bicyclic) bond motifs is 1. The Hall–Kier alpha value is -2.50. The number of methoxy groups -OCH3 is 2. The first kappa shape index (κ1) is 14.4. The lowest BCUT2D eigenvalue weighted by Gasteiger charge is -2.19. The van der Waals surface area contributed by atoms with Crippen molar-refractivity contribution in [2.75, 3.05) is 27.3 Å². The first-order valence-corrected chi connectivity index (χ1v) is 7.25. The van der Waals surface area contributed by atoms with Gasteiger partial charge in [0.05, 0.1) is 14.2 Å². The van der Waals surface area contributed by atoms with Crippen LogP contribution in [0.2, 0.25) is 0 Å². The molecule has 1 aliphatic heterocycles. The molecule has 6 heteroatoms. The van der Waals surface area contributed by atoms with E-state index >= 15 is 0 Å². The van der Waals surface area contributed by atoms with Gasteiger partial charge >= 0.3 is 0 Å². The Morgan fingerprint density at radius 1 is 1.14 bits per heavy atom. The number of hydrogen-bond donors (Lipinski definition) is 1. The van der Waals surface area contributed by atoms with Crippen LogP contribution in [0.25, 0.3) is 0 Å². The minimum atomic E-state index is -0.00997. The van der Waals surface area contributed by atoms with Crippen LogP contribution < -0.4 is 9.47 Å². The first-order valence-electron chi connectivity index (χ1n) is 7.25. The molecule has 0 fully saturated rings. The van der Waals surface area contributed by atoms with E-state index in [2.05, 4.69) is 10.2 Å². The number of carbonyl (C=O) groups excluding carboxylic acids is 1. The van der Waals surface area contributed by atoms with Gasteiger partial charge in [-0.3, -0.25) is 9.89 Å². The van der Waals surface area contributed by atoms with Crippen molar-refractivity contribution in [2.45, 2.75) is 12.8 Å². The molecule has 1 aromatic heterocycles. The molecule has 0 radical (unpaired) electrons. The van der Waals surface area contributed by atoms with Crippen molar-refractivity contribution in [3.63, 3.8) is 0 Å². The van der Waals surface area contributed by atoms with Gasteiger partial charge in [0, 0.05) is 19.3 Å². The summed E-state index contributed by atoms with van der Waals surface area (Å²) in [5.41, 5.74) is 2.94. The summed E-state index contributed by atoms with van der Waals surface area (Å²) in [4.78, 5) is 14.3. The molecule has 6 nitrogen and oxygen atoms in total. The standard InChI is InChI=1S/C16H19N3O3/c1-21-14-9-11-4-7-19(16(20)13-3-6-17-18-13)8-5-12(11)10-15(14)22-2/h3,6,9-10H,4-5,7-8H2,1-2H3,(H,17,18). The lowest BCUT2D eigenvalue weighted by molar-refractivity contribution is 0.0757. The average molecular weight is 301 g/mol. The number of ether oxygens (including phenoxy) is 2. The van der Waals surface area contributed by atoms with Crippen molar-refractivity contribution in [1.29, 1.82) is 0 Å².